The molecular formula is C21H28N4O5. The molecule has 0 aliphatic rings. The highest BCUT2D eigenvalue weighted by Gasteiger charge is 2.21. The molecule has 0 aliphatic heterocycles. The maximum absolute atomic E-state index is 12.9. The van der Waals surface area contributed by atoms with Crippen LogP contribution in [0.1, 0.15) is 32.3 Å². The second-order valence-corrected chi connectivity index (χ2v) is 6.52. The normalized spacial score (nSPS) is 10.9. The molecule has 0 saturated carbocycles. The largest absolute Gasteiger partial charge is 0.497 e. The molecule has 1 aromatic carbocycles. The molecule has 30 heavy (non-hydrogen) atoms. The minimum Gasteiger partial charge on any atom is -0.497 e. The van der Waals surface area contributed by atoms with Gasteiger partial charge in [-0.2, -0.15) is 0 Å². The average Bonchev–Trinajstić information content (AvgIpc) is 2.74. The van der Waals surface area contributed by atoms with Gasteiger partial charge in [-0.3, -0.25) is 19.1 Å². The molecular weight excluding hydrogens is 388 g/mol. The Kier molecular flexibility index (Phi) is 7.85. The number of aromatic amines is 1. The summed E-state index contributed by atoms with van der Waals surface area (Å²) in [7, 11) is 3.07. The average molecular weight is 416 g/mol. The molecule has 9 nitrogen and oxygen atoms in total. The van der Waals surface area contributed by atoms with Crippen molar-refractivity contribution < 1.29 is 14.3 Å². The van der Waals surface area contributed by atoms with Gasteiger partial charge in [-0.05, 0) is 37.6 Å². The van der Waals surface area contributed by atoms with Crippen molar-refractivity contribution in [2.75, 3.05) is 31.4 Å². The summed E-state index contributed by atoms with van der Waals surface area (Å²) in [5.74, 6) is 0.687. The summed E-state index contributed by atoms with van der Waals surface area (Å²) in [4.78, 5) is 40.9. The Balaban J connectivity index is 2.43. The fourth-order valence-corrected chi connectivity index (χ4v) is 3.02. The number of nitrogens with zero attached hydrogens (tertiary/aromatic N) is 2. The SMILES string of the molecule is CCCCn1c(N)c(N(CC)C(=O)C=Cc2cc(OC)ccc2OC)c(=O)[nH]c1=O. The number of anilines is 2. The number of nitrogen functional groups attached to an aromatic ring is 1. The van der Waals surface area contributed by atoms with Crippen molar-refractivity contribution in [1.29, 1.82) is 0 Å². The standard InChI is InChI=1S/C21H28N4O5/c1-5-7-12-25-19(22)18(20(27)23-21(25)28)24(6-2)17(26)11-8-14-13-15(29-3)9-10-16(14)30-4/h8-11,13H,5-7,12,22H2,1-4H3,(H,23,27,28). The lowest BCUT2D eigenvalue weighted by Gasteiger charge is -2.22. The second-order valence-electron chi connectivity index (χ2n) is 6.52. The summed E-state index contributed by atoms with van der Waals surface area (Å²) >= 11 is 0. The molecule has 0 fully saturated rings. The zero-order valence-corrected chi connectivity index (χ0v) is 17.7. The van der Waals surface area contributed by atoms with E-state index in [0.717, 1.165) is 6.42 Å². The first-order valence-corrected chi connectivity index (χ1v) is 9.72. The summed E-state index contributed by atoms with van der Waals surface area (Å²) in [6, 6.07) is 5.20. The molecule has 0 atom stereocenters. The second kappa shape index (κ2) is 10.3. The summed E-state index contributed by atoms with van der Waals surface area (Å²) < 4.78 is 11.8. The van der Waals surface area contributed by atoms with Crippen molar-refractivity contribution in [2.45, 2.75) is 33.2 Å². The zero-order chi connectivity index (χ0) is 22.3. The highest BCUT2D eigenvalue weighted by molar-refractivity contribution is 6.05. The minimum atomic E-state index is -0.701. The number of rotatable bonds is 9. The molecule has 0 radical (unpaired) electrons. The van der Waals surface area contributed by atoms with Crippen LogP contribution >= 0.6 is 0 Å². The number of methoxy groups -OCH3 is 2. The molecule has 1 aromatic heterocycles. The van der Waals surface area contributed by atoms with Crippen LogP contribution in [0.15, 0.2) is 33.9 Å². The molecule has 9 heteroatoms. The first kappa shape index (κ1) is 22.8. The number of H-pyrrole nitrogens is 1. The van der Waals surface area contributed by atoms with Crippen molar-refractivity contribution in [1.82, 2.24) is 9.55 Å². The summed E-state index contributed by atoms with van der Waals surface area (Å²) in [6.07, 6.45) is 4.46. The number of likely N-dealkylation sites (N-methyl/N-ethyl adjacent to an activating group) is 1. The summed E-state index contributed by atoms with van der Waals surface area (Å²) in [5.41, 5.74) is 5.42. The van der Waals surface area contributed by atoms with E-state index < -0.39 is 17.2 Å². The Bertz CT molecular complexity index is 1040. The Hall–Kier alpha value is -3.49. The summed E-state index contributed by atoms with van der Waals surface area (Å²) in [5, 5.41) is 0. The fourth-order valence-electron chi connectivity index (χ4n) is 3.02. The number of hydrogen-bond acceptors (Lipinski definition) is 6. The quantitative estimate of drug-likeness (QED) is 0.604. The monoisotopic (exact) mass is 416 g/mol. The predicted octanol–water partition coefficient (Wildman–Crippen LogP) is 2.00. The number of aromatic nitrogens is 2. The molecule has 0 aliphatic carbocycles. The van der Waals surface area contributed by atoms with E-state index in [1.165, 1.54) is 22.7 Å². The molecule has 0 unspecified atom stereocenters. The van der Waals surface area contributed by atoms with Crippen molar-refractivity contribution in [3.05, 3.63) is 50.7 Å². The van der Waals surface area contributed by atoms with E-state index in [2.05, 4.69) is 4.98 Å². The number of nitrogens with one attached hydrogen (secondary N) is 1. The number of hydrogen-bond donors (Lipinski definition) is 2. The Morgan fingerprint density at radius 1 is 1.23 bits per heavy atom. The van der Waals surface area contributed by atoms with Crippen LogP contribution in [0, 0.1) is 0 Å². The van der Waals surface area contributed by atoms with E-state index in [1.54, 1.807) is 38.3 Å². The highest BCUT2D eigenvalue weighted by atomic mass is 16.5. The van der Waals surface area contributed by atoms with Gasteiger partial charge in [0.25, 0.3) is 11.5 Å². The number of carbonyl (C=O) groups excluding carboxylic acids is 1. The summed E-state index contributed by atoms with van der Waals surface area (Å²) in [6.45, 7) is 4.25. The lowest BCUT2D eigenvalue weighted by Crippen LogP contribution is -2.40. The van der Waals surface area contributed by atoms with E-state index in [0.29, 0.717) is 30.0 Å². The molecule has 3 N–H and O–H groups in total. The molecule has 1 heterocycles. The first-order valence-electron chi connectivity index (χ1n) is 9.72. The highest BCUT2D eigenvalue weighted by Crippen LogP contribution is 2.25. The number of ether oxygens (including phenoxy) is 2. The fraction of sp³-hybridized carbons (Fsp3) is 0.381. The van der Waals surface area contributed by atoms with Gasteiger partial charge >= 0.3 is 5.69 Å². The number of carbonyl (C=O) groups is 1. The van der Waals surface area contributed by atoms with E-state index >= 15 is 0 Å². The molecule has 2 aromatic rings. The van der Waals surface area contributed by atoms with Crippen LogP contribution in [-0.2, 0) is 11.3 Å². The zero-order valence-electron chi connectivity index (χ0n) is 17.7. The van der Waals surface area contributed by atoms with Gasteiger partial charge in [-0.25, -0.2) is 4.79 Å². The van der Waals surface area contributed by atoms with E-state index in [-0.39, 0.29) is 18.1 Å². The molecule has 0 spiro atoms. The van der Waals surface area contributed by atoms with Gasteiger partial charge in [0, 0.05) is 24.7 Å². The van der Waals surface area contributed by atoms with Crippen LogP contribution in [0.2, 0.25) is 0 Å². The van der Waals surface area contributed by atoms with E-state index in [9.17, 15) is 14.4 Å². The van der Waals surface area contributed by atoms with Crippen molar-refractivity contribution in [3.8, 4) is 11.5 Å². The van der Waals surface area contributed by atoms with Gasteiger partial charge in [-0.1, -0.05) is 13.3 Å². The topological polar surface area (TPSA) is 120 Å². The molecule has 1 amide bonds. The van der Waals surface area contributed by atoms with Crippen LogP contribution in [0.4, 0.5) is 11.5 Å². The smallest absolute Gasteiger partial charge is 0.330 e. The van der Waals surface area contributed by atoms with Gasteiger partial charge in [-0.15, -0.1) is 0 Å². The van der Waals surface area contributed by atoms with Gasteiger partial charge in [0.15, 0.2) is 5.69 Å². The number of unbranched alkanes of at least 4 members (excludes halogenated alkanes) is 1. The lowest BCUT2D eigenvalue weighted by molar-refractivity contribution is -0.114. The van der Waals surface area contributed by atoms with Crippen LogP contribution in [0.25, 0.3) is 6.08 Å². The third kappa shape index (κ3) is 4.91. The number of benzene rings is 1. The van der Waals surface area contributed by atoms with Crippen LogP contribution in [0.5, 0.6) is 11.5 Å². The van der Waals surface area contributed by atoms with Gasteiger partial charge < -0.3 is 20.1 Å². The van der Waals surface area contributed by atoms with Crippen molar-refractivity contribution in [2.24, 2.45) is 0 Å². The maximum Gasteiger partial charge on any atom is 0.330 e. The van der Waals surface area contributed by atoms with Crippen LogP contribution in [0.3, 0.4) is 0 Å². The van der Waals surface area contributed by atoms with Crippen LogP contribution < -0.4 is 31.4 Å². The maximum atomic E-state index is 12.9. The minimum absolute atomic E-state index is 0.0280. The van der Waals surface area contributed by atoms with Gasteiger partial charge in [0.1, 0.15) is 17.3 Å². The van der Waals surface area contributed by atoms with E-state index in [1.807, 2.05) is 6.92 Å². The Morgan fingerprint density at radius 2 is 1.97 bits per heavy atom. The molecule has 162 valence electrons. The third-order valence-electron chi connectivity index (χ3n) is 4.64. The van der Waals surface area contributed by atoms with Crippen molar-refractivity contribution in [3.63, 3.8) is 0 Å². The first-order chi connectivity index (χ1) is 14.4. The van der Waals surface area contributed by atoms with E-state index in [4.69, 9.17) is 15.2 Å². The molecule has 0 bridgehead atoms. The lowest BCUT2D eigenvalue weighted by atomic mass is 10.1. The molecule has 2 rings (SSSR count). The predicted molar refractivity (Wildman–Crippen MR) is 117 cm³/mol. The number of amides is 1. The van der Waals surface area contributed by atoms with Crippen molar-refractivity contribution >= 4 is 23.5 Å². The van der Waals surface area contributed by atoms with Gasteiger partial charge in [0.2, 0.25) is 0 Å². The third-order valence-corrected chi connectivity index (χ3v) is 4.64. The molecule has 0 saturated heterocycles. The Morgan fingerprint density at radius 3 is 2.57 bits per heavy atom. The number of nitrogens with two attached hydrogens (primary N) is 1. The Labute approximate surface area is 174 Å². The van der Waals surface area contributed by atoms with Gasteiger partial charge in [0.05, 0.1) is 14.2 Å². The van der Waals surface area contributed by atoms with Crippen LogP contribution in [-0.4, -0.2) is 36.2 Å².